The minimum Gasteiger partial charge on any atom is -0.494 e. The van der Waals surface area contributed by atoms with E-state index in [4.69, 9.17) is 15.6 Å². The van der Waals surface area contributed by atoms with Crippen molar-refractivity contribution in [1.82, 2.24) is 0 Å². The van der Waals surface area contributed by atoms with E-state index in [9.17, 15) is 5.11 Å². The molecule has 0 aromatic heterocycles. The van der Waals surface area contributed by atoms with Crippen molar-refractivity contribution >= 4 is 0 Å². The van der Waals surface area contributed by atoms with Gasteiger partial charge in [-0.25, -0.2) is 0 Å². The molecule has 4 N–H and O–H groups in total. The molecule has 0 aliphatic heterocycles. The molecular weight excluding hydrogens is 266 g/mol. The molecular formula is C17H21NO3. The van der Waals surface area contributed by atoms with E-state index < -0.39 is 5.54 Å². The van der Waals surface area contributed by atoms with Crippen LogP contribution in [0.2, 0.25) is 0 Å². The first-order valence-corrected chi connectivity index (χ1v) is 6.96. The van der Waals surface area contributed by atoms with Crippen LogP contribution >= 0.6 is 0 Å². The summed E-state index contributed by atoms with van der Waals surface area (Å²) in [6, 6.07) is 16.8. The first-order valence-electron chi connectivity index (χ1n) is 6.96. The SMILES string of the molecule is NC(CO)(CCOc1ccc(CO)cc1)c1ccccc1. The van der Waals surface area contributed by atoms with Crippen molar-refractivity contribution in [2.75, 3.05) is 13.2 Å². The van der Waals surface area contributed by atoms with E-state index in [0.717, 1.165) is 16.9 Å². The minimum absolute atomic E-state index is 0.0186. The zero-order valence-electron chi connectivity index (χ0n) is 11.9. The fourth-order valence-electron chi connectivity index (χ4n) is 2.13. The van der Waals surface area contributed by atoms with E-state index in [1.54, 1.807) is 0 Å². The third-order valence-corrected chi connectivity index (χ3v) is 3.55. The number of rotatable bonds is 7. The van der Waals surface area contributed by atoms with Crippen LogP contribution in [-0.4, -0.2) is 23.4 Å². The lowest BCUT2D eigenvalue weighted by molar-refractivity contribution is 0.162. The van der Waals surface area contributed by atoms with Gasteiger partial charge in [-0.15, -0.1) is 0 Å². The number of nitrogens with two attached hydrogens (primary N) is 1. The van der Waals surface area contributed by atoms with E-state index in [0.29, 0.717) is 13.0 Å². The maximum Gasteiger partial charge on any atom is 0.119 e. The van der Waals surface area contributed by atoms with Gasteiger partial charge >= 0.3 is 0 Å². The Morgan fingerprint density at radius 3 is 2.19 bits per heavy atom. The van der Waals surface area contributed by atoms with Crippen molar-refractivity contribution in [3.05, 3.63) is 65.7 Å². The molecule has 0 aliphatic carbocycles. The molecule has 0 bridgehead atoms. The molecule has 0 saturated heterocycles. The summed E-state index contributed by atoms with van der Waals surface area (Å²) in [7, 11) is 0. The average molecular weight is 287 g/mol. The summed E-state index contributed by atoms with van der Waals surface area (Å²) in [6.45, 7) is 0.291. The largest absolute Gasteiger partial charge is 0.494 e. The zero-order valence-corrected chi connectivity index (χ0v) is 11.9. The van der Waals surface area contributed by atoms with Crippen molar-refractivity contribution in [2.24, 2.45) is 5.73 Å². The molecule has 112 valence electrons. The fraction of sp³-hybridized carbons (Fsp3) is 0.294. The number of benzene rings is 2. The average Bonchev–Trinajstić information content (AvgIpc) is 2.56. The molecule has 0 amide bonds. The van der Waals surface area contributed by atoms with Gasteiger partial charge in [0.1, 0.15) is 5.75 Å². The number of aliphatic hydroxyl groups is 2. The molecule has 4 heteroatoms. The van der Waals surface area contributed by atoms with Gasteiger partial charge in [0.25, 0.3) is 0 Å². The Morgan fingerprint density at radius 2 is 1.62 bits per heavy atom. The molecule has 2 rings (SSSR count). The summed E-state index contributed by atoms with van der Waals surface area (Å²) in [4.78, 5) is 0. The maximum absolute atomic E-state index is 9.60. The Labute approximate surface area is 124 Å². The van der Waals surface area contributed by atoms with E-state index >= 15 is 0 Å². The summed E-state index contributed by atoms with van der Waals surface area (Å²) in [5.74, 6) is 0.723. The summed E-state index contributed by atoms with van der Waals surface area (Å²) in [5.41, 5.74) is 7.20. The predicted molar refractivity (Wildman–Crippen MR) is 81.9 cm³/mol. The fourth-order valence-corrected chi connectivity index (χ4v) is 2.13. The van der Waals surface area contributed by atoms with Crippen molar-refractivity contribution in [2.45, 2.75) is 18.6 Å². The van der Waals surface area contributed by atoms with Gasteiger partial charge in [-0.1, -0.05) is 42.5 Å². The zero-order chi connectivity index (χ0) is 15.1. The quantitative estimate of drug-likeness (QED) is 0.726. The molecule has 4 nitrogen and oxygen atoms in total. The van der Waals surface area contributed by atoms with Crippen LogP contribution in [0.25, 0.3) is 0 Å². The third-order valence-electron chi connectivity index (χ3n) is 3.55. The number of aliphatic hydroxyl groups excluding tert-OH is 2. The Morgan fingerprint density at radius 1 is 0.952 bits per heavy atom. The van der Waals surface area contributed by atoms with Crippen molar-refractivity contribution < 1.29 is 14.9 Å². The molecule has 0 saturated carbocycles. The Balaban J connectivity index is 1.94. The lowest BCUT2D eigenvalue weighted by atomic mass is 9.89. The third kappa shape index (κ3) is 4.04. The molecule has 21 heavy (non-hydrogen) atoms. The van der Waals surface area contributed by atoms with E-state index in [-0.39, 0.29) is 13.2 Å². The molecule has 0 heterocycles. The molecule has 0 fully saturated rings. The second kappa shape index (κ2) is 7.22. The molecule has 1 atom stereocenters. The normalized spacial score (nSPS) is 13.7. The molecule has 0 radical (unpaired) electrons. The first kappa shape index (κ1) is 15.5. The van der Waals surface area contributed by atoms with Crippen LogP contribution in [0.5, 0.6) is 5.75 Å². The van der Waals surface area contributed by atoms with E-state index in [2.05, 4.69) is 0 Å². The summed E-state index contributed by atoms with van der Waals surface area (Å²) < 4.78 is 5.65. The molecule has 2 aromatic carbocycles. The first-order chi connectivity index (χ1) is 10.2. The second-order valence-corrected chi connectivity index (χ2v) is 5.08. The smallest absolute Gasteiger partial charge is 0.119 e. The van der Waals surface area contributed by atoms with Crippen LogP contribution in [0.3, 0.4) is 0 Å². The maximum atomic E-state index is 9.60. The van der Waals surface area contributed by atoms with Crippen LogP contribution in [0.15, 0.2) is 54.6 Å². The van der Waals surface area contributed by atoms with E-state index in [1.165, 1.54) is 0 Å². The van der Waals surface area contributed by atoms with Gasteiger partial charge in [0.05, 0.1) is 25.4 Å². The van der Waals surface area contributed by atoms with Crippen molar-refractivity contribution in [1.29, 1.82) is 0 Å². The lowest BCUT2D eigenvalue weighted by Crippen LogP contribution is -2.41. The highest BCUT2D eigenvalue weighted by Gasteiger charge is 2.26. The molecule has 1 unspecified atom stereocenters. The second-order valence-electron chi connectivity index (χ2n) is 5.08. The number of hydrogen-bond acceptors (Lipinski definition) is 4. The van der Waals surface area contributed by atoms with Crippen molar-refractivity contribution in [3.63, 3.8) is 0 Å². The summed E-state index contributed by atoms with van der Waals surface area (Å²) >= 11 is 0. The Kier molecular flexibility index (Phi) is 5.33. The van der Waals surface area contributed by atoms with Gasteiger partial charge in [0, 0.05) is 6.42 Å². The highest BCUT2D eigenvalue weighted by molar-refractivity contribution is 5.27. The highest BCUT2D eigenvalue weighted by atomic mass is 16.5. The van der Waals surface area contributed by atoms with Gasteiger partial charge in [-0.2, -0.15) is 0 Å². The van der Waals surface area contributed by atoms with Gasteiger partial charge in [-0.05, 0) is 23.3 Å². The summed E-state index contributed by atoms with van der Waals surface area (Å²) in [5, 5.41) is 18.6. The topological polar surface area (TPSA) is 75.7 Å². The van der Waals surface area contributed by atoms with Crippen LogP contribution < -0.4 is 10.5 Å². The van der Waals surface area contributed by atoms with Gasteiger partial charge < -0.3 is 20.7 Å². The highest BCUT2D eigenvalue weighted by Crippen LogP contribution is 2.22. The van der Waals surface area contributed by atoms with Gasteiger partial charge in [0.15, 0.2) is 0 Å². The number of ether oxygens (including phenoxy) is 1. The Bertz CT molecular complexity index is 542. The van der Waals surface area contributed by atoms with E-state index in [1.807, 2.05) is 54.6 Å². The number of hydrogen-bond donors (Lipinski definition) is 3. The van der Waals surface area contributed by atoms with Crippen LogP contribution in [0, 0.1) is 0 Å². The molecule has 2 aromatic rings. The van der Waals surface area contributed by atoms with Crippen LogP contribution in [0.1, 0.15) is 17.5 Å². The van der Waals surface area contributed by atoms with Crippen LogP contribution in [0.4, 0.5) is 0 Å². The lowest BCUT2D eigenvalue weighted by Gasteiger charge is -2.27. The van der Waals surface area contributed by atoms with Gasteiger partial charge in [-0.3, -0.25) is 0 Å². The summed E-state index contributed by atoms with van der Waals surface area (Å²) in [6.07, 6.45) is 0.509. The monoisotopic (exact) mass is 287 g/mol. The predicted octanol–water partition coefficient (Wildman–Crippen LogP) is 1.79. The molecule has 0 spiro atoms. The molecule has 0 aliphatic rings. The van der Waals surface area contributed by atoms with Gasteiger partial charge in [0.2, 0.25) is 0 Å². The van der Waals surface area contributed by atoms with Crippen LogP contribution in [-0.2, 0) is 12.1 Å². The van der Waals surface area contributed by atoms with Crippen molar-refractivity contribution in [3.8, 4) is 5.75 Å². The standard InChI is InChI=1S/C17H21NO3/c18-17(13-20,15-4-2-1-3-5-15)10-11-21-16-8-6-14(12-19)7-9-16/h1-9,19-20H,10-13,18H2. The Hall–Kier alpha value is -1.88. The minimum atomic E-state index is -0.799.